The number of hydrogen-bond donors (Lipinski definition) is 2. The van der Waals surface area contributed by atoms with Crippen LogP contribution >= 0.6 is 0 Å². The van der Waals surface area contributed by atoms with Gasteiger partial charge in [-0.25, -0.2) is 4.98 Å². The third-order valence-electron chi connectivity index (χ3n) is 4.99. The van der Waals surface area contributed by atoms with Crippen molar-refractivity contribution in [1.29, 1.82) is 0 Å². The summed E-state index contributed by atoms with van der Waals surface area (Å²) in [6.07, 6.45) is 9.18. The molecule has 3 rings (SSSR count). The summed E-state index contributed by atoms with van der Waals surface area (Å²) in [5.41, 5.74) is 0.465. The van der Waals surface area contributed by atoms with E-state index in [4.69, 9.17) is 4.74 Å². The van der Waals surface area contributed by atoms with Gasteiger partial charge < -0.3 is 15.2 Å². The fourth-order valence-electron chi connectivity index (χ4n) is 3.30. The molecule has 2 atom stereocenters. The number of ether oxygens (including phenoxy) is 1. The largest absolute Gasteiger partial charge is 0.481 e. The molecule has 0 bridgehead atoms. The van der Waals surface area contributed by atoms with Gasteiger partial charge in [-0.2, -0.15) is 0 Å². The van der Waals surface area contributed by atoms with Gasteiger partial charge in [0.25, 0.3) is 5.91 Å². The Morgan fingerprint density at radius 3 is 2.62 bits per heavy atom. The van der Waals surface area contributed by atoms with Crippen molar-refractivity contribution in [3.05, 3.63) is 23.9 Å². The molecular formula is C18H24N2O4. The van der Waals surface area contributed by atoms with Crippen LogP contribution in [0.4, 0.5) is 0 Å². The number of carboxylic acid groups (broad SMARTS) is 1. The van der Waals surface area contributed by atoms with Gasteiger partial charge in [0, 0.05) is 23.9 Å². The van der Waals surface area contributed by atoms with Crippen LogP contribution in [0.3, 0.4) is 0 Å². The van der Waals surface area contributed by atoms with Crippen LogP contribution in [0.1, 0.15) is 61.7 Å². The molecule has 130 valence electrons. The summed E-state index contributed by atoms with van der Waals surface area (Å²) in [7, 11) is 0. The fraction of sp³-hybridized carbons (Fsp3) is 0.611. The second kappa shape index (κ2) is 7.64. The molecule has 1 heterocycles. The molecule has 0 unspecified atom stereocenters. The van der Waals surface area contributed by atoms with E-state index in [1.807, 2.05) is 0 Å². The van der Waals surface area contributed by atoms with E-state index in [-0.39, 0.29) is 18.1 Å². The molecule has 1 aromatic rings. The first-order valence-electron chi connectivity index (χ1n) is 8.80. The highest BCUT2D eigenvalue weighted by Gasteiger charge is 2.31. The van der Waals surface area contributed by atoms with Crippen LogP contribution < -0.4 is 10.1 Å². The average molecular weight is 332 g/mol. The van der Waals surface area contributed by atoms with E-state index in [0.717, 1.165) is 32.1 Å². The molecule has 1 amide bonds. The number of aromatic nitrogens is 1. The Kier molecular flexibility index (Phi) is 5.33. The highest BCUT2D eigenvalue weighted by Crippen LogP contribution is 2.26. The summed E-state index contributed by atoms with van der Waals surface area (Å²) in [4.78, 5) is 28.1. The maximum atomic E-state index is 12.5. The van der Waals surface area contributed by atoms with E-state index in [0.29, 0.717) is 24.3 Å². The van der Waals surface area contributed by atoms with Gasteiger partial charge in [0.1, 0.15) is 6.10 Å². The number of aliphatic carboxylic acids is 1. The Hall–Kier alpha value is -2.11. The zero-order valence-corrected chi connectivity index (χ0v) is 13.7. The second-order valence-corrected chi connectivity index (χ2v) is 6.72. The highest BCUT2D eigenvalue weighted by molar-refractivity contribution is 5.94. The molecule has 6 nitrogen and oxygen atoms in total. The quantitative estimate of drug-likeness (QED) is 0.810. The number of rotatable bonds is 5. The van der Waals surface area contributed by atoms with Gasteiger partial charge in [-0.3, -0.25) is 9.59 Å². The zero-order valence-electron chi connectivity index (χ0n) is 13.7. The smallest absolute Gasteiger partial charge is 0.308 e. The molecule has 0 saturated heterocycles. The molecule has 6 heteroatoms. The predicted octanol–water partition coefficient (Wildman–Crippen LogP) is 2.78. The van der Waals surface area contributed by atoms with Gasteiger partial charge in [0.15, 0.2) is 0 Å². The minimum Gasteiger partial charge on any atom is -0.481 e. The van der Waals surface area contributed by atoms with Crippen molar-refractivity contribution in [1.82, 2.24) is 10.3 Å². The lowest BCUT2D eigenvalue weighted by Crippen LogP contribution is -2.42. The monoisotopic (exact) mass is 332 g/mol. The highest BCUT2D eigenvalue weighted by atomic mass is 16.5. The molecule has 1 aromatic heterocycles. The maximum Gasteiger partial charge on any atom is 0.308 e. The van der Waals surface area contributed by atoms with Crippen LogP contribution in [0.25, 0.3) is 0 Å². The Balaban J connectivity index is 1.66. The molecular weight excluding hydrogens is 308 g/mol. The second-order valence-electron chi connectivity index (χ2n) is 6.72. The van der Waals surface area contributed by atoms with Gasteiger partial charge in [-0.05, 0) is 38.2 Å². The first kappa shape index (κ1) is 16.7. The van der Waals surface area contributed by atoms with Crippen molar-refractivity contribution in [3.63, 3.8) is 0 Å². The third kappa shape index (κ3) is 4.04. The lowest BCUT2D eigenvalue weighted by atomic mass is 9.94. The van der Waals surface area contributed by atoms with E-state index in [2.05, 4.69) is 10.3 Å². The minimum atomic E-state index is -0.828. The van der Waals surface area contributed by atoms with Crippen LogP contribution in [-0.2, 0) is 4.79 Å². The number of nitrogens with one attached hydrogen (secondary N) is 1. The number of carbonyl (C=O) groups excluding carboxylic acids is 1. The number of nitrogens with zero attached hydrogens (tertiary/aromatic N) is 1. The number of pyridine rings is 1. The van der Waals surface area contributed by atoms with Gasteiger partial charge in [-0.1, -0.05) is 19.3 Å². The number of amides is 1. The lowest BCUT2D eigenvalue weighted by molar-refractivity contribution is -0.142. The van der Waals surface area contributed by atoms with E-state index in [1.54, 1.807) is 18.3 Å². The predicted molar refractivity (Wildman–Crippen MR) is 88.0 cm³/mol. The molecule has 2 saturated carbocycles. The SMILES string of the molecule is O=C(N[C@H]1CCCCC[C@H]1C(=O)O)c1ccnc(OC2CCC2)c1. The van der Waals surface area contributed by atoms with Crippen LogP contribution in [0.15, 0.2) is 18.3 Å². The summed E-state index contributed by atoms with van der Waals surface area (Å²) >= 11 is 0. The van der Waals surface area contributed by atoms with Crippen LogP contribution in [0.2, 0.25) is 0 Å². The van der Waals surface area contributed by atoms with E-state index < -0.39 is 11.9 Å². The van der Waals surface area contributed by atoms with Gasteiger partial charge in [0.2, 0.25) is 5.88 Å². The van der Waals surface area contributed by atoms with Crippen molar-refractivity contribution >= 4 is 11.9 Å². The molecule has 0 aromatic carbocycles. The lowest BCUT2D eigenvalue weighted by Gasteiger charge is -2.26. The van der Waals surface area contributed by atoms with Gasteiger partial charge >= 0.3 is 5.97 Å². The Bertz CT molecular complexity index is 600. The molecule has 2 aliphatic rings. The van der Waals surface area contributed by atoms with Crippen LogP contribution in [0, 0.1) is 5.92 Å². The van der Waals surface area contributed by atoms with E-state index in [1.165, 1.54) is 6.42 Å². The fourth-order valence-corrected chi connectivity index (χ4v) is 3.30. The van der Waals surface area contributed by atoms with Gasteiger partial charge in [0.05, 0.1) is 5.92 Å². The van der Waals surface area contributed by atoms with Crippen molar-refractivity contribution in [3.8, 4) is 5.88 Å². The Morgan fingerprint density at radius 2 is 1.92 bits per heavy atom. The molecule has 0 aliphatic heterocycles. The van der Waals surface area contributed by atoms with Gasteiger partial charge in [-0.15, -0.1) is 0 Å². The van der Waals surface area contributed by atoms with Crippen molar-refractivity contribution in [2.45, 2.75) is 63.5 Å². The molecule has 2 fully saturated rings. The Morgan fingerprint density at radius 1 is 1.12 bits per heavy atom. The summed E-state index contributed by atoms with van der Waals surface area (Å²) in [5.74, 6) is -1.13. The third-order valence-corrected chi connectivity index (χ3v) is 4.99. The number of hydrogen-bond acceptors (Lipinski definition) is 4. The van der Waals surface area contributed by atoms with Crippen LogP contribution in [0.5, 0.6) is 5.88 Å². The van der Waals surface area contributed by atoms with Crippen molar-refractivity contribution < 1.29 is 19.4 Å². The molecule has 24 heavy (non-hydrogen) atoms. The molecule has 0 radical (unpaired) electrons. The maximum absolute atomic E-state index is 12.5. The van der Waals surface area contributed by atoms with Crippen molar-refractivity contribution in [2.24, 2.45) is 5.92 Å². The number of carboxylic acids is 1. The normalized spacial score (nSPS) is 24.5. The summed E-state index contributed by atoms with van der Waals surface area (Å²) < 4.78 is 5.73. The average Bonchev–Trinajstić information content (AvgIpc) is 2.77. The summed E-state index contributed by atoms with van der Waals surface area (Å²) in [6.45, 7) is 0. The molecule has 0 spiro atoms. The van der Waals surface area contributed by atoms with Crippen molar-refractivity contribution in [2.75, 3.05) is 0 Å². The van der Waals surface area contributed by atoms with E-state index in [9.17, 15) is 14.7 Å². The number of carbonyl (C=O) groups is 2. The molecule has 2 aliphatic carbocycles. The molecule has 2 N–H and O–H groups in total. The first-order chi connectivity index (χ1) is 11.6. The standard InChI is InChI=1S/C18H24N2O4/c21-17(20-15-8-3-1-2-7-14(15)18(22)23)12-9-10-19-16(11-12)24-13-5-4-6-13/h9-11,13-15H,1-8H2,(H,20,21)(H,22,23)/t14-,15+/m1/s1. The van der Waals surface area contributed by atoms with Crippen LogP contribution in [-0.4, -0.2) is 34.1 Å². The minimum absolute atomic E-state index is 0.203. The summed E-state index contributed by atoms with van der Waals surface area (Å²) in [6, 6.07) is 2.96. The summed E-state index contributed by atoms with van der Waals surface area (Å²) in [5, 5.41) is 12.3. The van der Waals surface area contributed by atoms with E-state index >= 15 is 0 Å². The first-order valence-corrected chi connectivity index (χ1v) is 8.80. The zero-order chi connectivity index (χ0) is 16.9. The topological polar surface area (TPSA) is 88.5 Å². The Labute approximate surface area is 141 Å².